The lowest BCUT2D eigenvalue weighted by Gasteiger charge is -2.14. The molecule has 0 rings (SSSR count). The highest BCUT2D eigenvalue weighted by molar-refractivity contribution is 5.90. The molecular weight excluding hydrogens is 746 g/mol. The molecule has 0 saturated carbocycles. The van der Waals surface area contributed by atoms with Crippen LogP contribution in [0.25, 0.3) is 0 Å². The van der Waals surface area contributed by atoms with Crippen molar-refractivity contribution < 1.29 is 85.7 Å². The van der Waals surface area contributed by atoms with Gasteiger partial charge >= 0.3 is 0 Å². The first-order valence-corrected chi connectivity index (χ1v) is 19.4. The summed E-state index contributed by atoms with van der Waals surface area (Å²) in [4.78, 5) is 23.3. The molecule has 0 heterocycles. The molecule has 56 heavy (non-hydrogen) atoms. The molecule has 0 aliphatic heterocycles. The average molecular weight is 818 g/mol. The van der Waals surface area contributed by atoms with Crippen LogP contribution in [-0.4, -0.2) is 241 Å². The summed E-state index contributed by atoms with van der Waals surface area (Å²) < 4.78 is 81.4. The van der Waals surface area contributed by atoms with Crippen LogP contribution in [0.15, 0.2) is 12.2 Å². The molecule has 332 valence electrons. The van der Waals surface area contributed by atoms with E-state index in [-0.39, 0.29) is 12.5 Å². The standard InChI is InChI=1S/C37H71NO18/c1-38(37(41)3-2-5-39)4-7-42-9-11-44-13-15-46-17-19-48-21-23-50-25-27-52-29-31-54-33-35-56-36-34-55-32-30-53-28-26-51-24-22-49-20-18-47-16-14-45-12-10-43-8-6-40/h2-3,5,40H,4,6-36H2,1H3/b3-2-. The summed E-state index contributed by atoms with van der Waals surface area (Å²) in [5.74, 6) is -0.248. The van der Waals surface area contributed by atoms with E-state index in [2.05, 4.69) is 0 Å². The smallest absolute Gasteiger partial charge is 0.246 e. The van der Waals surface area contributed by atoms with Crippen LogP contribution in [0.2, 0.25) is 0 Å². The second kappa shape index (κ2) is 49.4. The van der Waals surface area contributed by atoms with Gasteiger partial charge in [-0.15, -0.1) is 0 Å². The summed E-state index contributed by atoms with van der Waals surface area (Å²) in [6.07, 6.45) is 2.94. The molecule has 0 aromatic carbocycles. The Morgan fingerprint density at radius 2 is 0.571 bits per heavy atom. The van der Waals surface area contributed by atoms with Crippen molar-refractivity contribution in [3.05, 3.63) is 12.2 Å². The van der Waals surface area contributed by atoms with Gasteiger partial charge in [0.25, 0.3) is 0 Å². The highest BCUT2D eigenvalue weighted by atomic mass is 16.6. The number of carbonyl (C=O) groups is 2. The Balaban J connectivity index is 3.11. The fourth-order valence-corrected chi connectivity index (χ4v) is 3.81. The zero-order valence-corrected chi connectivity index (χ0v) is 33.7. The highest BCUT2D eigenvalue weighted by Gasteiger charge is 2.04. The van der Waals surface area contributed by atoms with Gasteiger partial charge < -0.3 is 81.1 Å². The first-order chi connectivity index (χ1) is 27.7. The van der Waals surface area contributed by atoms with Crippen molar-refractivity contribution in [1.29, 1.82) is 0 Å². The predicted molar refractivity (Wildman–Crippen MR) is 202 cm³/mol. The molecule has 19 nitrogen and oxygen atoms in total. The molecule has 1 N–H and O–H groups in total. The molecule has 19 heteroatoms. The SMILES string of the molecule is CN(CCOCCOCCOCCOCCOCCOCCOCCOCCOCCOCCOCCOCCOCCOCCOCCO)C(=O)/C=C\C=O. The van der Waals surface area contributed by atoms with Gasteiger partial charge in [0, 0.05) is 19.7 Å². The monoisotopic (exact) mass is 817 g/mol. The summed E-state index contributed by atoms with van der Waals surface area (Å²) in [5, 5.41) is 8.59. The number of aliphatic hydroxyl groups is 1. The Labute approximate surface area is 333 Å². The van der Waals surface area contributed by atoms with Gasteiger partial charge in [-0.05, 0) is 6.08 Å². The van der Waals surface area contributed by atoms with Gasteiger partial charge in [-0.3, -0.25) is 9.59 Å². The van der Waals surface area contributed by atoms with E-state index in [4.69, 9.17) is 76.2 Å². The number of amides is 1. The van der Waals surface area contributed by atoms with Crippen molar-refractivity contribution in [2.24, 2.45) is 0 Å². The van der Waals surface area contributed by atoms with Crippen LogP contribution in [0.1, 0.15) is 0 Å². The normalized spacial score (nSPS) is 11.6. The first-order valence-electron chi connectivity index (χ1n) is 19.4. The molecule has 0 radical (unpaired) electrons. The Hall–Kier alpha value is -1.76. The third-order valence-electron chi connectivity index (χ3n) is 6.71. The predicted octanol–water partition coefficient (Wildman–Crippen LogP) is -0.559. The minimum Gasteiger partial charge on any atom is -0.394 e. The largest absolute Gasteiger partial charge is 0.394 e. The van der Waals surface area contributed by atoms with Crippen LogP contribution in [0.4, 0.5) is 0 Å². The van der Waals surface area contributed by atoms with Gasteiger partial charge in [0.2, 0.25) is 5.91 Å². The summed E-state index contributed by atoms with van der Waals surface area (Å²) in [6.45, 7) is 14.6. The van der Waals surface area contributed by atoms with Crippen LogP contribution < -0.4 is 0 Å². The lowest BCUT2D eigenvalue weighted by atomic mass is 10.4. The molecule has 0 aliphatic carbocycles. The number of rotatable bonds is 49. The minimum absolute atomic E-state index is 0.0186. The Bertz CT molecular complexity index is 815. The van der Waals surface area contributed by atoms with E-state index < -0.39 is 0 Å². The van der Waals surface area contributed by atoms with Gasteiger partial charge in [0.15, 0.2) is 0 Å². The highest BCUT2D eigenvalue weighted by Crippen LogP contribution is 1.90. The number of aliphatic hydroxyl groups excluding tert-OH is 1. The number of allylic oxidation sites excluding steroid dienone is 1. The van der Waals surface area contributed by atoms with Gasteiger partial charge in [0.1, 0.15) is 6.29 Å². The van der Waals surface area contributed by atoms with E-state index in [9.17, 15) is 9.59 Å². The van der Waals surface area contributed by atoms with Gasteiger partial charge in [-0.2, -0.15) is 0 Å². The molecule has 0 saturated heterocycles. The Morgan fingerprint density at radius 1 is 0.375 bits per heavy atom. The van der Waals surface area contributed by atoms with Crippen LogP contribution in [0.5, 0.6) is 0 Å². The topological polar surface area (TPSA) is 196 Å². The van der Waals surface area contributed by atoms with E-state index in [1.54, 1.807) is 7.05 Å². The van der Waals surface area contributed by atoms with Gasteiger partial charge in [-0.25, -0.2) is 0 Å². The summed E-state index contributed by atoms with van der Waals surface area (Å²) >= 11 is 0. The molecular formula is C37H71NO18. The van der Waals surface area contributed by atoms with Crippen molar-refractivity contribution in [2.75, 3.05) is 218 Å². The average Bonchev–Trinajstić information content (AvgIpc) is 3.21. The Morgan fingerprint density at radius 3 is 0.768 bits per heavy atom. The minimum atomic E-state index is -0.248. The summed E-state index contributed by atoms with van der Waals surface area (Å²) in [6, 6.07) is 0. The second-order valence-corrected chi connectivity index (χ2v) is 11.2. The maximum atomic E-state index is 11.6. The van der Waals surface area contributed by atoms with Gasteiger partial charge in [-0.1, -0.05) is 0 Å². The van der Waals surface area contributed by atoms with Crippen molar-refractivity contribution >= 4 is 12.2 Å². The number of likely N-dealkylation sites (N-methyl/N-ethyl adjacent to an activating group) is 1. The van der Waals surface area contributed by atoms with Crippen molar-refractivity contribution in [3.63, 3.8) is 0 Å². The van der Waals surface area contributed by atoms with Gasteiger partial charge in [0.05, 0.1) is 205 Å². The fourth-order valence-electron chi connectivity index (χ4n) is 3.81. The van der Waals surface area contributed by atoms with E-state index in [1.165, 1.54) is 11.0 Å². The molecule has 0 spiro atoms. The van der Waals surface area contributed by atoms with Crippen LogP contribution in [-0.2, 0) is 80.6 Å². The zero-order chi connectivity index (χ0) is 40.5. The zero-order valence-electron chi connectivity index (χ0n) is 33.7. The van der Waals surface area contributed by atoms with Crippen molar-refractivity contribution in [1.82, 2.24) is 4.90 Å². The number of aldehydes is 1. The molecule has 0 unspecified atom stereocenters. The van der Waals surface area contributed by atoms with Crippen LogP contribution in [0, 0.1) is 0 Å². The Kier molecular flexibility index (Phi) is 47.8. The van der Waals surface area contributed by atoms with E-state index in [0.717, 1.165) is 6.08 Å². The molecule has 0 aromatic heterocycles. The number of nitrogens with zero attached hydrogens (tertiary/aromatic N) is 1. The number of ether oxygens (including phenoxy) is 15. The maximum absolute atomic E-state index is 11.6. The lowest BCUT2D eigenvalue weighted by molar-refractivity contribution is -0.125. The first kappa shape index (κ1) is 54.2. The molecule has 1 amide bonds. The molecule has 0 fully saturated rings. The maximum Gasteiger partial charge on any atom is 0.246 e. The lowest BCUT2D eigenvalue weighted by Crippen LogP contribution is -2.29. The second-order valence-electron chi connectivity index (χ2n) is 11.2. The van der Waals surface area contributed by atoms with Crippen LogP contribution in [0.3, 0.4) is 0 Å². The number of carbonyl (C=O) groups excluding carboxylic acids is 2. The summed E-state index contributed by atoms with van der Waals surface area (Å²) in [5.41, 5.74) is 0. The third kappa shape index (κ3) is 46.6. The molecule has 0 aliphatic rings. The third-order valence-corrected chi connectivity index (χ3v) is 6.71. The number of hydrogen-bond acceptors (Lipinski definition) is 18. The van der Waals surface area contributed by atoms with Crippen molar-refractivity contribution in [3.8, 4) is 0 Å². The molecule has 0 bridgehead atoms. The van der Waals surface area contributed by atoms with Crippen molar-refractivity contribution in [2.45, 2.75) is 0 Å². The summed E-state index contributed by atoms with van der Waals surface area (Å²) in [7, 11) is 1.64. The number of hydrogen-bond donors (Lipinski definition) is 1. The quantitative estimate of drug-likeness (QED) is 0.0466. The van der Waals surface area contributed by atoms with Crippen LogP contribution >= 0.6 is 0 Å². The van der Waals surface area contributed by atoms with E-state index in [0.29, 0.717) is 211 Å². The molecule has 0 aromatic rings. The molecule has 0 atom stereocenters. The van der Waals surface area contributed by atoms with E-state index in [1.807, 2.05) is 0 Å². The fraction of sp³-hybridized carbons (Fsp3) is 0.892. The van der Waals surface area contributed by atoms with E-state index >= 15 is 0 Å².